The highest BCUT2D eigenvalue weighted by Crippen LogP contribution is 2.13. The maximum absolute atomic E-state index is 10.9. The van der Waals surface area contributed by atoms with Crippen LogP contribution in [0.15, 0.2) is 0 Å². The fourth-order valence-electron chi connectivity index (χ4n) is 2.14. The summed E-state index contributed by atoms with van der Waals surface area (Å²) in [6.45, 7) is 5.17. The fraction of sp³-hybridized carbons (Fsp3) is 1.00. The van der Waals surface area contributed by atoms with Crippen LogP contribution in [-0.2, 0) is 14.6 Å². The Morgan fingerprint density at radius 2 is 2.17 bits per heavy atom. The van der Waals surface area contributed by atoms with Crippen molar-refractivity contribution in [3.63, 3.8) is 0 Å². The average molecular weight is 278 g/mol. The van der Waals surface area contributed by atoms with E-state index in [1.165, 1.54) is 19.1 Å². The van der Waals surface area contributed by atoms with Gasteiger partial charge in [-0.3, -0.25) is 0 Å². The van der Waals surface area contributed by atoms with Gasteiger partial charge in [0.2, 0.25) is 0 Å². The maximum Gasteiger partial charge on any atom is 0.148 e. The number of sulfone groups is 1. The van der Waals surface area contributed by atoms with Gasteiger partial charge in [-0.05, 0) is 25.8 Å². The third kappa shape index (κ3) is 8.02. The molecule has 1 fully saturated rings. The van der Waals surface area contributed by atoms with E-state index in [0.717, 1.165) is 32.8 Å². The molecule has 1 aliphatic heterocycles. The number of nitrogens with zero attached hydrogens (tertiary/aromatic N) is 1. The molecule has 5 nitrogen and oxygen atoms in total. The van der Waals surface area contributed by atoms with E-state index in [9.17, 15) is 8.42 Å². The van der Waals surface area contributed by atoms with Crippen molar-refractivity contribution >= 4 is 9.84 Å². The van der Waals surface area contributed by atoms with Crippen LogP contribution in [0.2, 0.25) is 0 Å². The fourth-order valence-corrected chi connectivity index (χ4v) is 2.65. The van der Waals surface area contributed by atoms with Gasteiger partial charge in [-0.25, -0.2) is 8.42 Å². The van der Waals surface area contributed by atoms with Crippen LogP contribution >= 0.6 is 0 Å². The number of hydrogen-bond donors (Lipinski definition) is 1. The summed E-state index contributed by atoms with van der Waals surface area (Å²) in [4.78, 5) is 2.28. The summed E-state index contributed by atoms with van der Waals surface area (Å²) in [5, 5.41) is 3.16. The summed E-state index contributed by atoms with van der Waals surface area (Å²) in [5.74, 6) is 0.868. The second kappa shape index (κ2) is 8.09. The first-order valence-corrected chi connectivity index (χ1v) is 8.68. The molecule has 1 N–H and O–H groups in total. The Labute approximate surface area is 111 Å². The molecule has 0 bridgehead atoms. The van der Waals surface area contributed by atoms with Crippen LogP contribution in [0.25, 0.3) is 0 Å². The van der Waals surface area contributed by atoms with E-state index < -0.39 is 9.84 Å². The van der Waals surface area contributed by atoms with Gasteiger partial charge in [0, 0.05) is 39.0 Å². The average Bonchev–Trinajstić information content (AvgIpc) is 2.28. The zero-order valence-corrected chi connectivity index (χ0v) is 12.3. The molecule has 1 saturated heterocycles. The third-order valence-electron chi connectivity index (χ3n) is 3.14. The van der Waals surface area contributed by atoms with E-state index in [1.54, 1.807) is 0 Å². The van der Waals surface area contributed by atoms with Gasteiger partial charge >= 0.3 is 0 Å². The van der Waals surface area contributed by atoms with E-state index in [0.29, 0.717) is 12.5 Å². The Bertz CT molecular complexity index is 313. The summed E-state index contributed by atoms with van der Waals surface area (Å²) in [6, 6.07) is 0. The second-order valence-electron chi connectivity index (χ2n) is 5.23. The minimum atomic E-state index is -2.84. The van der Waals surface area contributed by atoms with Gasteiger partial charge in [-0.1, -0.05) is 0 Å². The highest BCUT2D eigenvalue weighted by molar-refractivity contribution is 7.90. The first-order valence-electron chi connectivity index (χ1n) is 6.62. The lowest BCUT2D eigenvalue weighted by molar-refractivity contribution is 0.0422. The number of nitrogens with one attached hydrogen (secondary N) is 1. The van der Waals surface area contributed by atoms with Crippen LogP contribution in [0.5, 0.6) is 0 Å². The molecule has 0 aliphatic carbocycles. The predicted molar refractivity (Wildman–Crippen MR) is 73.6 cm³/mol. The van der Waals surface area contributed by atoms with Gasteiger partial charge in [0.05, 0.1) is 12.4 Å². The molecule has 0 aromatic heterocycles. The Kier molecular flexibility index (Phi) is 7.14. The van der Waals surface area contributed by atoms with Crippen LogP contribution in [0.3, 0.4) is 0 Å². The van der Waals surface area contributed by atoms with Crippen molar-refractivity contribution in [3.05, 3.63) is 0 Å². The van der Waals surface area contributed by atoms with Crippen LogP contribution in [-0.4, -0.2) is 71.8 Å². The smallest absolute Gasteiger partial charge is 0.148 e. The molecular formula is C12H26N2O3S. The lowest BCUT2D eigenvalue weighted by Gasteiger charge is -2.27. The molecular weight excluding hydrogens is 252 g/mol. The Morgan fingerprint density at radius 3 is 2.78 bits per heavy atom. The molecule has 0 radical (unpaired) electrons. The Balaban J connectivity index is 2.01. The highest BCUT2D eigenvalue weighted by atomic mass is 32.2. The van der Waals surface area contributed by atoms with Gasteiger partial charge in [-0.15, -0.1) is 0 Å². The minimum Gasteiger partial charge on any atom is -0.381 e. The van der Waals surface area contributed by atoms with Crippen molar-refractivity contribution < 1.29 is 13.2 Å². The van der Waals surface area contributed by atoms with E-state index in [-0.39, 0.29) is 5.75 Å². The van der Waals surface area contributed by atoms with E-state index in [1.807, 2.05) is 0 Å². The van der Waals surface area contributed by atoms with Crippen LogP contribution in [0.1, 0.15) is 12.8 Å². The molecule has 1 heterocycles. The van der Waals surface area contributed by atoms with Crippen molar-refractivity contribution in [2.24, 2.45) is 5.92 Å². The number of hydrogen-bond acceptors (Lipinski definition) is 5. The van der Waals surface area contributed by atoms with Gasteiger partial charge < -0.3 is 15.0 Å². The van der Waals surface area contributed by atoms with Crippen molar-refractivity contribution in [2.45, 2.75) is 12.8 Å². The molecule has 1 aliphatic rings. The lowest BCUT2D eigenvalue weighted by atomic mass is 10.0. The zero-order valence-electron chi connectivity index (χ0n) is 11.5. The summed E-state index contributed by atoms with van der Waals surface area (Å²) in [6.07, 6.45) is 3.70. The highest BCUT2D eigenvalue weighted by Gasteiger charge is 2.15. The molecule has 108 valence electrons. The predicted octanol–water partition coefficient (Wildman–Crippen LogP) is -0.0210. The molecule has 18 heavy (non-hydrogen) atoms. The molecule has 0 amide bonds. The zero-order chi connectivity index (χ0) is 13.4. The van der Waals surface area contributed by atoms with Crippen molar-refractivity contribution in [1.82, 2.24) is 10.2 Å². The van der Waals surface area contributed by atoms with Crippen molar-refractivity contribution in [1.29, 1.82) is 0 Å². The van der Waals surface area contributed by atoms with Crippen LogP contribution in [0.4, 0.5) is 0 Å². The van der Waals surface area contributed by atoms with Gasteiger partial charge in [0.15, 0.2) is 0 Å². The SMILES string of the molecule is CN(CCNCCS(C)(=O)=O)CC1CCCOC1. The summed E-state index contributed by atoms with van der Waals surface area (Å²) >= 11 is 0. The van der Waals surface area contributed by atoms with E-state index in [4.69, 9.17) is 4.74 Å². The standard InChI is InChI=1S/C12H26N2O3S/c1-14(10-12-4-3-8-17-11-12)7-5-13-6-9-18(2,15)16/h12-13H,3-11H2,1-2H3. The lowest BCUT2D eigenvalue weighted by Crippen LogP contribution is -2.36. The molecule has 1 unspecified atom stereocenters. The molecule has 0 aromatic rings. The molecule has 6 heteroatoms. The topological polar surface area (TPSA) is 58.6 Å². The number of ether oxygens (including phenoxy) is 1. The van der Waals surface area contributed by atoms with Gasteiger partial charge in [0.25, 0.3) is 0 Å². The van der Waals surface area contributed by atoms with Crippen molar-refractivity contribution in [2.75, 3.05) is 58.4 Å². The minimum absolute atomic E-state index is 0.215. The van der Waals surface area contributed by atoms with Crippen LogP contribution < -0.4 is 5.32 Å². The Hall–Kier alpha value is -0.170. The Morgan fingerprint density at radius 1 is 1.39 bits per heavy atom. The van der Waals surface area contributed by atoms with Crippen molar-refractivity contribution in [3.8, 4) is 0 Å². The van der Waals surface area contributed by atoms with E-state index >= 15 is 0 Å². The number of likely N-dealkylation sites (N-methyl/N-ethyl adjacent to an activating group) is 1. The van der Waals surface area contributed by atoms with Gasteiger partial charge in [0.1, 0.15) is 9.84 Å². The summed E-state index contributed by atoms with van der Waals surface area (Å²) < 4.78 is 27.3. The van der Waals surface area contributed by atoms with Crippen LogP contribution in [0, 0.1) is 5.92 Å². The normalized spacial score (nSPS) is 21.4. The summed E-state index contributed by atoms with van der Waals surface area (Å²) in [5.41, 5.74) is 0. The summed E-state index contributed by atoms with van der Waals surface area (Å²) in [7, 11) is -0.736. The number of rotatable bonds is 8. The third-order valence-corrected chi connectivity index (χ3v) is 4.09. The first-order chi connectivity index (χ1) is 8.47. The molecule has 1 rings (SSSR count). The first kappa shape index (κ1) is 15.9. The quantitative estimate of drug-likeness (QED) is 0.632. The van der Waals surface area contributed by atoms with E-state index in [2.05, 4.69) is 17.3 Å². The molecule has 0 aromatic carbocycles. The molecule has 1 atom stereocenters. The molecule has 0 saturated carbocycles. The van der Waals surface area contributed by atoms with Gasteiger partial charge in [-0.2, -0.15) is 0 Å². The second-order valence-corrected chi connectivity index (χ2v) is 7.49. The largest absolute Gasteiger partial charge is 0.381 e. The molecule has 0 spiro atoms. The monoisotopic (exact) mass is 278 g/mol. The maximum atomic E-state index is 10.9.